The first-order chi connectivity index (χ1) is 8.25. The maximum absolute atomic E-state index is 2.34. The third kappa shape index (κ3) is 3.43. The molecule has 0 aromatic heterocycles. The summed E-state index contributed by atoms with van der Waals surface area (Å²) in [7, 11) is 2.16. The molecule has 1 nitrogen and oxygen atoms in total. The van der Waals surface area contributed by atoms with Gasteiger partial charge in [-0.1, -0.05) is 66.3 Å². The van der Waals surface area contributed by atoms with Crippen LogP contribution in [0.5, 0.6) is 0 Å². The van der Waals surface area contributed by atoms with E-state index in [1.54, 1.807) is 0 Å². The molecule has 1 aromatic rings. The maximum atomic E-state index is 2.34. The van der Waals surface area contributed by atoms with Gasteiger partial charge in [0.05, 0.1) is 0 Å². The molecule has 0 N–H and O–H groups in total. The van der Waals surface area contributed by atoms with Crippen LogP contribution >= 0.6 is 0 Å². The topological polar surface area (TPSA) is 3.24 Å². The Kier molecular flexibility index (Phi) is 3.94. The molecular formula is C16H19N. The second kappa shape index (κ2) is 5.65. The Morgan fingerprint density at radius 3 is 2.47 bits per heavy atom. The number of nitrogens with zero attached hydrogens (tertiary/aromatic N) is 1. The number of allylic oxidation sites excluding steroid dienone is 2. The third-order valence-electron chi connectivity index (χ3n) is 2.95. The Morgan fingerprint density at radius 2 is 1.82 bits per heavy atom. The monoisotopic (exact) mass is 225 g/mol. The van der Waals surface area contributed by atoms with E-state index in [2.05, 4.69) is 73.5 Å². The molecule has 0 saturated heterocycles. The zero-order chi connectivity index (χ0) is 12.1. The van der Waals surface area contributed by atoms with Gasteiger partial charge < -0.3 is 0 Å². The molecule has 17 heavy (non-hydrogen) atoms. The molecule has 2 rings (SSSR count). The van der Waals surface area contributed by atoms with Crippen LogP contribution in [-0.4, -0.2) is 24.5 Å². The summed E-state index contributed by atoms with van der Waals surface area (Å²) in [6.45, 7) is 3.18. The van der Waals surface area contributed by atoms with Gasteiger partial charge in [-0.2, -0.15) is 0 Å². The number of benzene rings is 1. The van der Waals surface area contributed by atoms with Crippen molar-refractivity contribution in [3.8, 4) is 0 Å². The van der Waals surface area contributed by atoms with Crippen LogP contribution in [-0.2, 0) is 0 Å². The van der Waals surface area contributed by atoms with Gasteiger partial charge in [-0.3, -0.25) is 4.90 Å². The largest absolute Gasteiger partial charge is 0.293 e. The fourth-order valence-corrected chi connectivity index (χ4v) is 2.09. The first kappa shape index (κ1) is 11.9. The van der Waals surface area contributed by atoms with Crippen LogP contribution in [0.15, 0.2) is 60.2 Å². The summed E-state index contributed by atoms with van der Waals surface area (Å²) in [6.07, 6.45) is 10.9. The van der Waals surface area contributed by atoms with Gasteiger partial charge in [-0.25, -0.2) is 0 Å². The van der Waals surface area contributed by atoms with Crippen LogP contribution in [0.3, 0.4) is 0 Å². The standard InChI is InChI=1S/C16H19N/c1-14(12-15-8-4-3-5-9-15)13-17(2)16-10-6-7-11-16/h3-12,16H,13H2,1-2H3/b14-12+. The van der Waals surface area contributed by atoms with E-state index in [0.717, 1.165) is 6.54 Å². The summed E-state index contributed by atoms with van der Waals surface area (Å²) in [6, 6.07) is 10.9. The molecule has 1 heteroatoms. The van der Waals surface area contributed by atoms with E-state index in [0.29, 0.717) is 6.04 Å². The molecular weight excluding hydrogens is 206 g/mol. The molecule has 0 amide bonds. The summed E-state index contributed by atoms with van der Waals surface area (Å²) in [5, 5.41) is 0. The SMILES string of the molecule is C/C(=C\c1ccccc1)CN(C)C1C=CC=C1. The normalized spacial score (nSPS) is 16.1. The van der Waals surface area contributed by atoms with Crippen LogP contribution < -0.4 is 0 Å². The predicted molar refractivity (Wildman–Crippen MR) is 74.8 cm³/mol. The van der Waals surface area contributed by atoms with Gasteiger partial charge in [0.2, 0.25) is 0 Å². The highest BCUT2D eigenvalue weighted by atomic mass is 15.1. The molecule has 0 unspecified atom stereocenters. The zero-order valence-electron chi connectivity index (χ0n) is 10.5. The van der Waals surface area contributed by atoms with Gasteiger partial charge in [0, 0.05) is 12.6 Å². The number of hydrogen-bond acceptors (Lipinski definition) is 1. The van der Waals surface area contributed by atoms with E-state index < -0.39 is 0 Å². The Labute approximate surface area is 104 Å². The molecule has 0 radical (unpaired) electrons. The van der Waals surface area contributed by atoms with Crippen molar-refractivity contribution in [2.75, 3.05) is 13.6 Å². The minimum Gasteiger partial charge on any atom is -0.293 e. The van der Waals surface area contributed by atoms with Crippen LogP contribution in [0.1, 0.15) is 12.5 Å². The van der Waals surface area contributed by atoms with E-state index in [1.807, 2.05) is 6.07 Å². The fraction of sp³-hybridized carbons (Fsp3) is 0.250. The summed E-state index contributed by atoms with van der Waals surface area (Å²) in [4.78, 5) is 2.34. The van der Waals surface area contributed by atoms with Gasteiger partial charge in [0.25, 0.3) is 0 Å². The average Bonchev–Trinajstić information content (AvgIpc) is 2.83. The summed E-state index contributed by atoms with van der Waals surface area (Å²) in [5.41, 5.74) is 2.66. The zero-order valence-corrected chi connectivity index (χ0v) is 10.5. The van der Waals surface area contributed by atoms with Crippen molar-refractivity contribution in [1.82, 2.24) is 4.90 Å². The molecule has 0 heterocycles. The fourth-order valence-electron chi connectivity index (χ4n) is 2.09. The van der Waals surface area contributed by atoms with Gasteiger partial charge in [-0.15, -0.1) is 0 Å². The van der Waals surface area contributed by atoms with Crippen molar-refractivity contribution in [3.05, 3.63) is 65.8 Å². The van der Waals surface area contributed by atoms with E-state index >= 15 is 0 Å². The van der Waals surface area contributed by atoms with Crippen molar-refractivity contribution < 1.29 is 0 Å². The molecule has 0 atom stereocenters. The smallest absolute Gasteiger partial charge is 0.0468 e. The lowest BCUT2D eigenvalue weighted by Gasteiger charge is -2.21. The summed E-state index contributed by atoms with van der Waals surface area (Å²) >= 11 is 0. The highest BCUT2D eigenvalue weighted by molar-refractivity contribution is 5.52. The van der Waals surface area contributed by atoms with Crippen molar-refractivity contribution in [3.63, 3.8) is 0 Å². The highest BCUT2D eigenvalue weighted by Gasteiger charge is 2.10. The summed E-state index contributed by atoms with van der Waals surface area (Å²) < 4.78 is 0. The molecule has 0 fully saturated rings. The molecule has 0 saturated carbocycles. The Bertz CT molecular complexity index is 428. The van der Waals surface area contributed by atoms with E-state index in [-0.39, 0.29) is 0 Å². The molecule has 1 aromatic carbocycles. The Morgan fingerprint density at radius 1 is 1.18 bits per heavy atom. The lowest BCUT2D eigenvalue weighted by Crippen LogP contribution is -2.28. The minimum absolute atomic E-state index is 0.453. The molecule has 1 aliphatic rings. The molecule has 0 spiro atoms. The number of rotatable bonds is 4. The van der Waals surface area contributed by atoms with Gasteiger partial charge >= 0.3 is 0 Å². The van der Waals surface area contributed by atoms with Crippen molar-refractivity contribution >= 4 is 6.08 Å². The molecule has 0 bridgehead atoms. The first-order valence-corrected chi connectivity index (χ1v) is 6.03. The predicted octanol–water partition coefficient (Wildman–Crippen LogP) is 3.52. The third-order valence-corrected chi connectivity index (χ3v) is 2.95. The van der Waals surface area contributed by atoms with Crippen molar-refractivity contribution in [1.29, 1.82) is 0 Å². The van der Waals surface area contributed by atoms with Gasteiger partial charge in [0.15, 0.2) is 0 Å². The second-order valence-corrected chi connectivity index (χ2v) is 4.58. The molecule has 0 aliphatic heterocycles. The second-order valence-electron chi connectivity index (χ2n) is 4.58. The lowest BCUT2D eigenvalue weighted by molar-refractivity contribution is 0.349. The minimum atomic E-state index is 0.453. The number of hydrogen-bond donors (Lipinski definition) is 0. The van der Waals surface area contributed by atoms with Crippen LogP contribution in [0.25, 0.3) is 6.08 Å². The van der Waals surface area contributed by atoms with Crippen LogP contribution in [0, 0.1) is 0 Å². The van der Waals surface area contributed by atoms with E-state index in [4.69, 9.17) is 0 Å². The Hall–Kier alpha value is -1.60. The average molecular weight is 225 g/mol. The lowest BCUT2D eigenvalue weighted by atomic mass is 10.1. The molecule has 88 valence electrons. The quantitative estimate of drug-likeness (QED) is 0.758. The Balaban J connectivity index is 1.97. The van der Waals surface area contributed by atoms with Crippen molar-refractivity contribution in [2.45, 2.75) is 13.0 Å². The first-order valence-electron chi connectivity index (χ1n) is 6.03. The maximum Gasteiger partial charge on any atom is 0.0468 e. The highest BCUT2D eigenvalue weighted by Crippen LogP contribution is 2.11. The summed E-state index contributed by atoms with van der Waals surface area (Å²) in [5.74, 6) is 0. The van der Waals surface area contributed by atoms with E-state index in [1.165, 1.54) is 11.1 Å². The van der Waals surface area contributed by atoms with Gasteiger partial charge in [-0.05, 0) is 19.5 Å². The van der Waals surface area contributed by atoms with Gasteiger partial charge in [0.1, 0.15) is 0 Å². The van der Waals surface area contributed by atoms with Crippen LogP contribution in [0.2, 0.25) is 0 Å². The number of likely N-dealkylation sites (N-methyl/N-ethyl adjacent to an activating group) is 1. The van der Waals surface area contributed by atoms with Crippen molar-refractivity contribution in [2.24, 2.45) is 0 Å². The van der Waals surface area contributed by atoms with E-state index in [9.17, 15) is 0 Å². The van der Waals surface area contributed by atoms with Crippen LogP contribution in [0.4, 0.5) is 0 Å². The molecule has 1 aliphatic carbocycles.